The van der Waals surface area contributed by atoms with Gasteiger partial charge in [0.05, 0.1) is 19.0 Å². The maximum Gasteiger partial charge on any atom is 0.211 e. The van der Waals surface area contributed by atoms with E-state index in [4.69, 9.17) is 0 Å². The van der Waals surface area contributed by atoms with E-state index in [1.165, 1.54) is 19.1 Å². The maximum atomic E-state index is 12.1. The lowest BCUT2D eigenvalue weighted by Gasteiger charge is -2.33. The largest absolute Gasteiger partial charge is 0.250 e. The molecule has 7 heteroatoms. The van der Waals surface area contributed by atoms with Crippen LogP contribution in [0.5, 0.6) is 0 Å². The van der Waals surface area contributed by atoms with Crippen LogP contribution in [0.4, 0.5) is 0 Å². The van der Waals surface area contributed by atoms with Crippen LogP contribution in [0.15, 0.2) is 24.4 Å². The lowest BCUT2D eigenvalue weighted by molar-refractivity contribution is 0.224. The van der Waals surface area contributed by atoms with E-state index in [9.17, 15) is 8.42 Å². The van der Waals surface area contributed by atoms with Gasteiger partial charge in [-0.25, -0.2) is 8.42 Å². The van der Waals surface area contributed by atoms with Gasteiger partial charge in [0, 0.05) is 29.6 Å². The van der Waals surface area contributed by atoms with Gasteiger partial charge < -0.3 is 0 Å². The summed E-state index contributed by atoms with van der Waals surface area (Å²) in [5.74, 6) is 7.13. The summed E-state index contributed by atoms with van der Waals surface area (Å²) < 4.78 is 27.5. The molecule has 0 spiro atoms. The molecule has 1 saturated heterocycles. The molecule has 2 aliphatic rings. The Morgan fingerprint density at radius 2 is 2.04 bits per heavy atom. The summed E-state index contributed by atoms with van der Waals surface area (Å²) >= 11 is 0. The highest BCUT2D eigenvalue weighted by Gasteiger charge is 2.29. The predicted octanol–water partition coefficient (Wildman–Crippen LogP) is 2.83. The maximum absolute atomic E-state index is 12.1. The van der Waals surface area contributed by atoms with Crippen LogP contribution in [-0.4, -0.2) is 46.6 Å². The molecule has 1 aliphatic heterocycles. The van der Waals surface area contributed by atoms with Crippen molar-refractivity contribution in [3.8, 4) is 23.1 Å². The first kappa shape index (κ1) is 19.2. The Balaban J connectivity index is 1.50. The van der Waals surface area contributed by atoms with Crippen molar-refractivity contribution in [2.75, 3.05) is 12.8 Å². The van der Waals surface area contributed by atoms with Crippen LogP contribution < -0.4 is 0 Å². The molecule has 1 unspecified atom stereocenters. The van der Waals surface area contributed by atoms with Crippen molar-refractivity contribution in [1.82, 2.24) is 19.3 Å². The number of nitrogens with zero attached hydrogens (tertiary/aromatic N) is 4. The molecule has 28 heavy (non-hydrogen) atoms. The molecule has 0 bridgehead atoms. The molecule has 0 amide bonds. The highest BCUT2D eigenvalue weighted by molar-refractivity contribution is 7.88. The van der Waals surface area contributed by atoms with Gasteiger partial charge in [-0.2, -0.15) is 4.31 Å². The zero-order valence-electron chi connectivity index (χ0n) is 16.4. The lowest BCUT2D eigenvalue weighted by Crippen LogP contribution is -2.45. The lowest BCUT2D eigenvalue weighted by atomic mass is 10.0. The molecule has 0 N–H and O–H groups in total. The van der Waals surface area contributed by atoms with Crippen LogP contribution >= 0.6 is 0 Å². The van der Waals surface area contributed by atoms with Crippen LogP contribution in [0.1, 0.15) is 43.2 Å². The van der Waals surface area contributed by atoms with Crippen LogP contribution in [0.2, 0.25) is 0 Å². The molecule has 1 aliphatic carbocycles. The molecule has 4 rings (SSSR count). The van der Waals surface area contributed by atoms with E-state index >= 15 is 0 Å². The number of aromatic nitrogens is 3. The third kappa shape index (κ3) is 4.45. The van der Waals surface area contributed by atoms with E-state index in [1.54, 1.807) is 8.99 Å². The van der Waals surface area contributed by atoms with Crippen molar-refractivity contribution in [1.29, 1.82) is 0 Å². The van der Waals surface area contributed by atoms with Crippen molar-refractivity contribution in [3.05, 3.63) is 35.5 Å². The Kier molecular flexibility index (Phi) is 5.26. The summed E-state index contributed by atoms with van der Waals surface area (Å²) in [6, 6.07) is 6.11. The van der Waals surface area contributed by atoms with Gasteiger partial charge in [-0.05, 0) is 50.3 Å². The van der Waals surface area contributed by atoms with E-state index in [0.29, 0.717) is 19.0 Å². The minimum absolute atomic E-state index is 0.0560. The molecule has 2 aromatic rings. The third-order valence-electron chi connectivity index (χ3n) is 5.44. The highest BCUT2D eigenvalue weighted by atomic mass is 32.2. The monoisotopic (exact) mass is 398 g/mol. The van der Waals surface area contributed by atoms with E-state index in [0.717, 1.165) is 41.6 Å². The van der Waals surface area contributed by atoms with Gasteiger partial charge in [0.15, 0.2) is 0 Å². The molecular weight excluding hydrogens is 372 g/mol. The Morgan fingerprint density at radius 1 is 1.21 bits per heavy atom. The molecule has 1 aromatic heterocycles. The summed E-state index contributed by atoms with van der Waals surface area (Å²) in [6.45, 7) is 3.18. The Hall–Kier alpha value is -2.17. The first-order chi connectivity index (χ1) is 13.4. The van der Waals surface area contributed by atoms with Gasteiger partial charge in [0.1, 0.15) is 5.69 Å². The molecule has 2 heterocycles. The van der Waals surface area contributed by atoms with Crippen molar-refractivity contribution in [2.24, 2.45) is 5.92 Å². The molecule has 0 radical (unpaired) electrons. The quantitative estimate of drug-likeness (QED) is 0.743. The molecule has 6 nitrogen and oxygen atoms in total. The van der Waals surface area contributed by atoms with Crippen molar-refractivity contribution < 1.29 is 8.42 Å². The van der Waals surface area contributed by atoms with Gasteiger partial charge in [-0.15, -0.1) is 5.10 Å². The fourth-order valence-corrected chi connectivity index (χ4v) is 4.94. The number of hydrogen-bond donors (Lipinski definition) is 0. The standard InChI is InChI=1S/C21H26N4O2S/c1-16-13-18(9-8-17-6-7-17)10-11-20(16)21-15-24(23-22-21)14-19-5-3-4-12-25(19)28(2,26)27/h10-11,13,15,17,19H,3-7,12,14H2,1-2H3. The minimum Gasteiger partial charge on any atom is -0.250 e. The minimum atomic E-state index is -3.20. The number of rotatable bonds is 4. The smallest absolute Gasteiger partial charge is 0.211 e. The fourth-order valence-electron chi connectivity index (χ4n) is 3.76. The molecule has 1 saturated carbocycles. The fraction of sp³-hybridized carbons (Fsp3) is 0.524. The average molecular weight is 399 g/mol. The molecule has 148 valence electrons. The second-order valence-electron chi connectivity index (χ2n) is 7.92. The van der Waals surface area contributed by atoms with Gasteiger partial charge in [0.2, 0.25) is 10.0 Å². The summed E-state index contributed by atoms with van der Waals surface area (Å²) in [4.78, 5) is 0. The van der Waals surface area contributed by atoms with Crippen LogP contribution in [0, 0.1) is 24.7 Å². The third-order valence-corrected chi connectivity index (χ3v) is 6.77. The van der Waals surface area contributed by atoms with Crippen molar-refractivity contribution in [2.45, 2.75) is 51.6 Å². The van der Waals surface area contributed by atoms with Crippen LogP contribution in [-0.2, 0) is 16.6 Å². The number of piperidine rings is 1. The molecule has 1 aromatic carbocycles. The Labute approximate surface area is 167 Å². The van der Waals surface area contributed by atoms with Gasteiger partial charge >= 0.3 is 0 Å². The number of hydrogen-bond acceptors (Lipinski definition) is 4. The first-order valence-electron chi connectivity index (χ1n) is 9.89. The number of benzene rings is 1. The molecule has 2 fully saturated rings. The Bertz CT molecular complexity index is 1030. The second-order valence-corrected chi connectivity index (χ2v) is 9.86. The van der Waals surface area contributed by atoms with E-state index in [2.05, 4.69) is 35.1 Å². The van der Waals surface area contributed by atoms with Crippen molar-refractivity contribution in [3.63, 3.8) is 0 Å². The predicted molar refractivity (Wildman–Crippen MR) is 109 cm³/mol. The Morgan fingerprint density at radius 3 is 2.75 bits per heavy atom. The topological polar surface area (TPSA) is 68.1 Å². The SMILES string of the molecule is Cc1cc(C#CC2CC2)ccc1-c1cn(CC2CCCCN2S(C)(=O)=O)nn1. The zero-order valence-corrected chi connectivity index (χ0v) is 17.2. The van der Waals surface area contributed by atoms with E-state index < -0.39 is 10.0 Å². The highest BCUT2D eigenvalue weighted by Crippen LogP contribution is 2.28. The van der Waals surface area contributed by atoms with Crippen LogP contribution in [0.25, 0.3) is 11.3 Å². The van der Waals surface area contributed by atoms with Crippen LogP contribution in [0.3, 0.4) is 0 Å². The number of sulfonamides is 1. The number of aryl methyl sites for hydroxylation is 1. The van der Waals surface area contributed by atoms with E-state index in [1.807, 2.05) is 18.3 Å². The molecule has 1 atom stereocenters. The van der Waals surface area contributed by atoms with Gasteiger partial charge in [0.25, 0.3) is 0 Å². The van der Waals surface area contributed by atoms with Gasteiger partial charge in [-0.1, -0.05) is 29.5 Å². The second kappa shape index (κ2) is 7.69. The first-order valence-corrected chi connectivity index (χ1v) is 11.7. The van der Waals surface area contributed by atoms with Gasteiger partial charge in [-0.3, -0.25) is 4.68 Å². The summed E-state index contributed by atoms with van der Waals surface area (Å²) in [6.07, 6.45) is 8.47. The summed E-state index contributed by atoms with van der Waals surface area (Å²) in [5, 5.41) is 8.57. The van der Waals surface area contributed by atoms with E-state index in [-0.39, 0.29) is 6.04 Å². The summed E-state index contributed by atoms with van der Waals surface area (Å²) in [7, 11) is -3.20. The molecular formula is C21H26N4O2S. The zero-order chi connectivity index (χ0) is 19.7. The average Bonchev–Trinajstić information content (AvgIpc) is 3.37. The van der Waals surface area contributed by atoms with Crippen molar-refractivity contribution >= 4 is 10.0 Å². The normalized spacial score (nSPS) is 20.6. The summed E-state index contributed by atoms with van der Waals surface area (Å²) in [5.41, 5.74) is 3.99.